The van der Waals surface area contributed by atoms with Gasteiger partial charge in [0.25, 0.3) is 11.1 Å². The van der Waals surface area contributed by atoms with Crippen molar-refractivity contribution in [2.24, 2.45) is 0 Å². The van der Waals surface area contributed by atoms with Crippen molar-refractivity contribution in [1.29, 1.82) is 0 Å². The maximum absolute atomic E-state index is 11.9. The number of anilines is 1. The Bertz CT molecular complexity index is 693. The largest absolute Gasteiger partial charge is 0.480 e. The molecule has 1 aromatic carbocycles. The smallest absolute Gasteiger partial charge is 0.323 e. The summed E-state index contributed by atoms with van der Waals surface area (Å²) in [4.78, 5) is 37.1. The minimum Gasteiger partial charge on any atom is -0.480 e. The molecule has 2 amide bonds. The fourth-order valence-corrected chi connectivity index (χ4v) is 2.71. The molecular weight excluding hydrogens is 316 g/mol. The Morgan fingerprint density at radius 3 is 2.48 bits per heavy atom. The molecule has 120 valence electrons. The molecule has 0 aromatic heterocycles. The highest BCUT2D eigenvalue weighted by Gasteiger charge is 2.35. The van der Waals surface area contributed by atoms with Crippen molar-refractivity contribution in [3.05, 3.63) is 46.9 Å². The van der Waals surface area contributed by atoms with Crippen LogP contribution in [0.25, 0.3) is 6.08 Å². The number of hydrogen-bond acceptors (Lipinski definition) is 5. The minimum absolute atomic E-state index is 0.220. The van der Waals surface area contributed by atoms with E-state index in [1.54, 1.807) is 6.08 Å². The van der Waals surface area contributed by atoms with E-state index in [1.807, 2.05) is 49.3 Å². The summed E-state index contributed by atoms with van der Waals surface area (Å²) in [5, 5.41) is 8.13. The van der Waals surface area contributed by atoms with Crippen LogP contribution in [0.2, 0.25) is 0 Å². The van der Waals surface area contributed by atoms with Gasteiger partial charge in [0.2, 0.25) is 0 Å². The summed E-state index contributed by atoms with van der Waals surface area (Å²) >= 11 is 0.743. The van der Waals surface area contributed by atoms with Crippen LogP contribution >= 0.6 is 11.8 Å². The number of nitrogens with zero attached hydrogens (tertiary/aromatic N) is 2. The molecule has 1 aliphatic heterocycles. The first kappa shape index (κ1) is 16.8. The topological polar surface area (TPSA) is 77.9 Å². The summed E-state index contributed by atoms with van der Waals surface area (Å²) in [5.41, 5.74) is 2.04. The molecular formula is C16H16N2O4S. The third-order valence-electron chi connectivity index (χ3n) is 3.11. The van der Waals surface area contributed by atoms with Gasteiger partial charge in [-0.15, -0.1) is 0 Å². The summed E-state index contributed by atoms with van der Waals surface area (Å²) < 4.78 is 0. The molecule has 23 heavy (non-hydrogen) atoms. The van der Waals surface area contributed by atoms with E-state index in [9.17, 15) is 14.4 Å². The fraction of sp³-hybridized carbons (Fsp3) is 0.188. The number of hydrogen-bond donors (Lipinski definition) is 1. The Hall–Kier alpha value is -2.54. The monoisotopic (exact) mass is 332 g/mol. The molecule has 0 atom stereocenters. The molecule has 1 aromatic rings. The van der Waals surface area contributed by atoms with E-state index in [2.05, 4.69) is 0 Å². The number of aliphatic carboxylic acids is 1. The standard InChI is InChI=1S/C16H16N2O4S/c1-17(2)12-8-6-11(7-9-12)4-3-5-13-15(21)18(10-14(19)20)16(22)23-13/h3-9H,10H2,1-2H3,(H,19,20)/b4-3+,13-5+. The van der Waals surface area contributed by atoms with Gasteiger partial charge >= 0.3 is 5.97 Å². The second-order valence-corrected chi connectivity index (χ2v) is 6.02. The Morgan fingerprint density at radius 2 is 1.91 bits per heavy atom. The molecule has 0 aliphatic carbocycles. The zero-order valence-corrected chi connectivity index (χ0v) is 13.5. The van der Waals surface area contributed by atoms with E-state index in [1.165, 1.54) is 6.08 Å². The average Bonchev–Trinajstić information content (AvgIpc) is 2.75. The number of carbonyl (C=O) groups excluding carboxylic acids is 2. The number of thioether (sulfide) groups is 1. The van der Waals surface area contributed by atoms with Crippen LogP contribution in [-0.2, 0) is 9.59 Å². The first-order valence-corrected chi connectivity index (χ1v) is 7.61. The number of allylic oxidation sites excluding steroid dienone is 2. The summed E-state index contributed by atoms with van der Waals surface area (Å²) in [7, 11) is 3.91. The van der Waals surface area contributed by atoms with E-state index in [0.29, 0.717) is 0 Å². The summed E-state index contributed by atoms with van der Waals surface area (Å²) in [6, 6.07) is 7.83. The SMILES string of the molecule is CN(C)c1ccc(/C=C/C=C2/SC(=O)N(CC(=O)O)C2=O)cc1. The molecule has 1 fully saturated rings. The Morgan fingerprint density at radius 1 is 1.26 bits per heavy atom. The molecule has 0 unspecified atom stereocenters. The van der Waals surface area contributed by atoms with Crippen LogP contribution in [0.15, 0.2) is 41.3 Å². The molecule has 6 nitrogen and oxygen atoms in total. The quantitative estimate of drug-likeness (QED) is 0.835. The number of carboxylic acid groups (broad SMARTS) is 1. The molecule has 7 heteroatoms. The first-order valence-electron chi connectivity index (χ1n) is 6.79. The number of rotatable bonds is 5. The Kier molecular flexibility index (Phi) is 5.23. The molecule has 1 saturated heterocycles. The number of benzene rings is 1. The van der Waals surface area contributed by atoms with Crippen molar-refractivity contribution < 1.29 is 19.5 Å². The van der Waals surface area contributed by atoms with Crippen LogP contribution in [-0.4, -0.2) is 47.8 Å². The number of amides is 2. The maximum Gasteiger partial charge on any atom is 0.323 e. The second-order valence-electron chi connectivity index (χ2n) is 5.03. The predicted octanol–water partition coefficient (Wildman–Crippen LogP) is 2.43. The summed E-state index contributed by atoms with van der Waals surface area (Å²) in [6.07, 6.45) is 5.00. The van der Waals surface area contributed by atoms with Crippen molar-refractivity contribution in [2.75, 3.05) is 25.5 Å². The third kappa shape index (κ3) is 4.23. The minimum atomic E-state index is -1.22. The second kappa shape index (κ2) is 7.15. The lowest BCUT2D eigenvalue weighted by atomic mass is 10.2. The molecule has 1 heterocycles. The zero-order chi connectivity index (χ0) is 17.0. The number of carbonyl (C=O) groups is 3. The summed E-state index contributed by atoms with van der Waals surface area (Å²) in [5.74, 6) is -1.79. The van der Waals surface area contributed by atoms with Crippen LogP contribution in [0.4, 0.5) is 10.5 Å². The maximum atomic E-state index is 11.9. The molecule has 0 bridgehead atoms. The van der Waals surface area contributed by atoms with Crippen molar-refractivity contribution in [3.8, 4) is 0 Å². The van der Waals surface area contributed by atoms with Crippen LogP contribution in [0.5, 0.6) is 0 Å². The van der Waals surface area contributed by atoms with E-state index in [0.717, 1.165) is 27.9 Å². The van der Waals surface area contributed by atoms with Gasteiger partial charge in [-0.25, -0.2) is 0 Å². The van der Waals surface area contributed by atoms with Crippen LogP contribution in [0.1, 0.15) is 5.56 Å². The molecule has 1 aliphatic rings. The molecule has 0 radical (unpaired) electrons. The highest BCUT2D eigenvalue weighted by atomic mass is 32.2. The van der Waals surface area contributed by atoms with Crippen LogP contribution in [0, 0.1) is 0 Å². The third-order valence-corrected chi connectivity index (χ3v) is 4.04. The van der Waals surface area contributed by atoms with E-state index >= 15 is 0 Å². The Labute approximate surface area is 138 Å². The van der Waals surface area contributed by atoms with Gasteiger partial charge < -0.3 is 10.0 Å². The van der Waals surface area contributed by atoms with Gasteiger partial charge in [0.15, 0.2) is 0 Å². The average molecular weight is 332 g/mol. The highest BCUT2D eigenvalue weighted by Crippen LogP contribution is 2.30. The van der Waals surface area contributed by atoms with E-state index in [-0.39, 0.29) is 4.91 Å². The van der Waals surface area contributed by atoms with Gasteiger partial charge in [0.1, 0.15) is 6.54 Å². The summed E-state index contributed by atoms with van der Waals surface area (Å²) in [6.45, 7) is -0.613. The van der Waals surface area contributed by atoms with Crippen molar-refractivity contribution >= 4 is 40.6 Å². The molecule has 0 saturated carbocycles. The first-order chi connectivity index (χ1) is 10.9. The predicted molar refractivity (Wildman–Crippen MR) is 90.2 cm³/mol. The molecule has 0 spiro atoms. The highest BCUT2D eigenvalue weighted by molar-refractivity contribution is 8.18. The Balaban J connectivity index is 2.06. The van der Waals surface area contributed by atoms with Gasteiger partial charge in [-0.2, -0.15) is 0 Å². The van der Waals surface area contributed by atoms with E-state index in [4.69, 9.17) is 5.11 Å². The van der Waals surface area contributed by atoms with Gasteiger partial charge in [-0.3, -0.25) is 19.3 Å². The van der Waals surface area contributed by atoms with Gasteiger partial charge in [-0.05, 0) is 35.5 Å². The van der Waals surface area contributed by atoms with E-state index < -0.39 is 23.7 Å². The number of imide groups is 1. The molecule has 2 rings (SSSR count). The van der Waals surface area contributed by atoms with Gasteiger partial charge in [0, 0.05) is 19.8 Å². The lowest BCUT2D eigenvalue weighted by Crippen LogP contribution is -2.33. The lowest BCUT2D eigenvalue weighted by Gasteiger charge is -2.11. The lowest BCUT2D eigenvalue weighted by molar-refractivity contribution is -0.140. The number of carboxylic acids is 1. The van der Waals surface area contributed by atoms with Gasteiger partial charge in [0.05, 0.1) is 4.91 Å². The van der Waals surface area contributed by atoms with Crippen molar-refractivity contribution in [3.63, 3.8) is 0 Å². The van der Waals surface area contributed by atoms with Crippen molar-refractivity contribution in [1.82, 2.24) is 4.90 Å². The van der Waals surface area contributed by atoms with Crippen LogP contribution < -0.4 is 4.90 Å². The van der Waals surface area contributed by atoms with Gasteiger partial charge in [-0.1, -0.05) is 24.3 Å². The van der Waals surface area contributed by atoms with Crippen molar-refractivity contribution in [2.45, 2.75) is 0 Å². The normalized spacial score (nSPS) is 16.6. The van der Waals surface area contributed by atoms with Crippen LogP contribution in [0.3, 0.4) is 0 Å². The molecule has 1 N–H and O–H groups in total. The zero-order valence-electron chi connectivity index (χ0n) is 12.7. The fourth-order valence-electron chi connectivity index (χ4n) is 1.92.